The number of hydrogen-bond acceptors (Lipinski definition) is 2. The van der Waals surface area contributed by atoms with Crippen molar-refractivity contribution in [2.24, 2.45) is 0 Å². The summed E-state index contributed by atoms with van der Waals surface area (Å²) in [5.74, 6) is 0.339. The van der Waals surface area contributed by atoms with Gasteiger partial charge in [0.25, 0.3) is 0 Å². The van der Waals surface area contributed by atoms with Gasteiger partial charge in [-0.1, -0.05) is 25.3 Å². The quantitative estimate of drug-likeness (QED) is 0.901. The average molecular weight is 258 g/mol. The molecule has 1 fully saturated rings. The van der Waals surface area contributed by atoms with Crippen LogP contribution in [0, 0.1) is 0 Å². The first-order chi connectivity index (χ1) is 9.22. The normalized spacial score (nSPS) is 16.8. The summed E-state index contributed by atoms with van der Waals surface area (Å²) in [6, 6.07) is 8.13. The Morgan fingerprint density at radius 2 is 2.00 bits per heavy atom. The summed E-state index contributed by atoms with van der Waals surface area (Å²) in [7, 11) is 0. The largest absolute Gasteiger partial charge is 0.481 e. The zero-order valence-corrected chi connectivity index (χ0v) is 10.9. The molecule has 3 rings (SSSR count). The van der Waals surface area contributed by atoms with E-state index in [2.05, 4.69) is 12.1 Å². The molecule has 0 saturated heterocycles. The molecule has 1 aromatic carbocycles. The number of hydrogen-bond donors (Lipinski definition) is 1. The standard InChI is InChI=1S/C16H18O3/c17-16(18)10-14-9-13-8-12(6-7-15(13)19-14)11-4-2-1-3-5-11/h6-9,11H,1-5,10H2,(H,17,18). The van der Waals surface area contributed by atoms with Crippen molar-refractivity contribution >= 4 is 16.9 Å². The molecule has 0 unspecified atom stereocenters. The Bertz CT molecular complexity index is 591. The summed E-state index contributed by atoms with van der Waals surface area (Å²) in [6.45, 7) is 0. The van der Waals surface area contributed by atoms with Gasteiger partial charge in [-0.2, -0.15) is 0 Å². The van der Waals surface area contributed by atoms with Gasteiger partial charge in [-0.25, -0.2) is 0 Å². The molecule has 0 bridgehead atoms. The number of fused-ring (bicyclic) bond motifs is 1. The first kappa shape index (κ1) is 12.3. The maximum atomic E-state index is 10.7. The van der Waals surface area contributed by atoms with Crippen molar-refractivity contribution in [2.75, 3.05) is 0 Å². The van der Waals surface area contributed by atoms with Gasteiger partial charge in [0.05, 0.1) is 0 Å². The van der Waals surface area contributed by atoms with Crippen molar-refractivity contribution in [1.82, 2.24) is 0 Å². The third-order valence-corrected chi connectivity index (χ3v) is 3.99. The van der Waals surface area contributed by atoms with E-state index in [0.717, 1.165) is 11.0 Å². The number of carboxylic acids is 1. The molecule has 0 amide bonds. The fourth-order valence-corrected chi connectivity index (χ4v) is 3.04. The van der Waals surface area contributed by atoms with Gasteiger partial charge in [-0.15, -0.1) is 0 Å². The third-order valence-electron chi connectivity index (χ3n) is 3.99. The molecule has 3 heteroatoms. The molecule has 1 aromatic heterocycles. The van der Waals surface area contributed by atoms with Gasteiger partial charge in [-0.05, 0) is 42.5 Å². The molecule has 3 nitrogen and oxygen atoms in total. The molecular formula is C16H18O3. The lowest BCUT2D eigenvalue weighted by atomic mass is 9.84. The van der Waals surface area contributed by atoms with Crippen LogP contribution < -0.4 is 0 Å². The Hall–Kier alpha value is -1.77. The van der Waals surface area contributed by atoms with Crippen LogP contribution in [0.15, 0.2) is 28.7 Å². The van der Waals surface area contributed by atoms with Gasteiger partial charge in [0.15, 0.2) is 0 Å². The van der Waals surface area contributed by atoms with E-state index >= 15 is 0 Å². The van der Waals surface area contributed by atoms with Gasteiger partial charge in [0, 0.05) is 5.39 Å². The van der Waals surface area contributed by atoms with Crippen LogP contribution in [0.1, 0.15) is 49.3 Å². The number of aliphatic carboxylic acids is 1. The van der Waals surface area contributed by atoms with E-state index < -0.39 is 5.97 Å². The highest BCUT2D eigenvalue weighted by Crippen LogP contribution is 2.34. The maximum Gasteiger partial charge on any atom is 0.311 e. The van der Waals surface area contributed by atoms with Gasteiger partial charge in [0.1, 0.15) is 17.8 Å². The summed E-state index contributed by atoms with van der Waals surface area (Å²) in [5.41, 5.74) is 2.16. The Morgan fingerprint density at radius 1 is 1.21 bits per heavy atom. The van der Waals surface area contributed by atoms with Crippen LogP contribution >= 0.6 is 0 Å². The summed E-state index contributed by atoms with van der Waals surface area (Å²) in [6.07, 6.45) is 6.48. The van der Waals surface area contributed by atoms with Crippen molar-refractivity contribution in [1.29, 1.82) is 0 Å². The molecular weight excluding hydrogens is 240 g/mol. The molecule has 1 N–H and O–H groups in total. The molecule has 100 valence electrons. The van der Waals surface area contributed by atoms with Crippen LogP contribution in [0.4, 0.5) is 0 Å². The Kier molecular flexibility index (Phi) is 3.28. The van der Waals surface area contributed by atoms with Crippen LogP contribution in [0.25, 0.3) is 11.0 Å². The van der Waals surface area contributed by atoms with Crippen LogP contribution in [-0.4, -0.2) is 11.1 Å². The second kappa shape index (κ2) is 5.08. The summed E-state index contributed by atoms with van der Waals surface area (Å²) >= 11 is 0. The second-order valence-electron chi connectivity index (χ2n) is 5.42. The molecule has 0 atom stereocenters. The Labute approximate surface area is 112 Å². The fourth-order valence-electron chi connectivity index (χ4n) is 3.04. The zero-order chi connectivity index (χ0) is 13.2. The zero-order valence-electron chi connectivity index (χ0n) is 10.9. The summed E-state index contributed by atoms with van der Waals surface area (Å²) in [4.78, 5) is 10.7. The van der Waals surface area contributed by atoms with Crippen LogP contribution in [-0.2, 0) is 11.2 Å². The molecule has 1 saturated carbocycles. The van der Waals surface area contributed by atoms with E-state index in [1.54, 1.807) is 0 Å². The minimum atomic E-state index is -0.855. The summed E-state index contributed by atoms with van der Waals surface area (Å²) in [5, 5.41) is 9.82. The topological polar surface area (TPSA) is 50.4 Å². The van der Waals surface area contributed by atoms with E-state index in [9.17, 15) is 4.79 Å². The van der Waals surface area contributed by atoms with Gasteiger partial charge in [0.2, 0.25) is 0 Å². The van der Waals surface area contributed by atoms with Crippen molar-refractivity contribution in [3.63, 3.8) is 0 Å². The molecule has 0 aliphatic heterocycles. The number of carboxylic acid groups (broad SMARTS) is 1. The predicted octanol–water partition coefficient (Wildman–Crippen LogP) is 4.11. The maximum absolute atomic E-state index is 10.7. The second-order valence-corrected chi connectivity index (χ2v) is 5.42. The molecule has 0 radical (unpaired) electrons. The van der Waals surface area contributed by atoms with E-state index in [1.807, 2.05) is 12.1 Å². The molecule has 1 aliphatic rings. The minimum absolute atomic E-state index is 0.0482. The van der Waals surface area contributed by atoms with Crippen molar-refractivity contribution < 1.29 is 14.3 Å². The van der Waals surface area contributed by atoms with E-state index in [4.69, 9.17) is 9.52 Å². The molecule has 2 aromatic rings. The highest BCUT2D eigenvalue weighted by molar-refractivity contribution is 5.80. The van der Waals surface area contributed by atoms with E-state index in [0.29, 0.717) is 11.7 Å². The lowest BCUT2D eigenvalue weighted by Crippen LogP contribution is -2.03. The Morgan fingerprint density at radius 3 is 2.74 bits per heavy atom. The van der Waals surface area contributed by atoms with E-state index in [1.165, 1.54) is 37.7 Å². The molecule has 1 aliphatic carbocycles. The van der Waals surface area contributed by atoms with Gasteiger partial charge < -0.3 is 9.52 Å². The van der Waals surface area contributed by atoms with Crippen molar-refractivity contribution in [2.45, 2.75) is 44.4 Å². The minimum Gasteiger partial charge on any atom is -0.481 e. The number of carbonyl (C=O) groups is 1. The number of benzene rings is 1. The van der Waals surface area contributed by atoms with Gasteiger partial charge >= 0.3 is 5.97 Å². The lowest BCUT2D eigenvalue weighted by Gasteiger charge is -2.21. The smallest absolute Gasteiger partial charge is 0.311 e. The SMILES string of the molecule is O=C(O)Cc1cc2cc(C3CCCCC3)ccc2o1. The summed E-state index contributed by atoms with van der Waals surface area (Å²) < 4.78 is 5.54. The predicted molar refractivity (Wildman–Crippen MR) is 73.4 cm³/mol. The molecule has 19 heavy (non-hydrogen) atoms. The van der Waals surface area contributed by atoms with Crippen molar-refractivity contribution in [3.8, 4) is 0 Å². The van der Waals surface area contributed by atoms with Crippen LogP contribution in [0.2, 0.25) is 0 Å². The van der Waals surface area contributed by atoms with Crippen LogP contribution in [0.3, 0.4) is 0 Å². The highest BCUT2D eigenvalue weighted by Gasteiger charge is 2.16. The first-order valence-electron chi connectivity index (χ1n) is 6.96. The lowest BCUT2D eigenvalue weighted by molar-refractivity contribution is -0.136. The number of furan rings is 1. The monoisotopic (exact) mass is 258 g/mol. The highest BCUT2D eigenvalue weighted by atomic mass is 16.4. The van der Waals surface area contributed by atoms with Gasteiger partial charge in [-0.3, -0.25) is 4.79 Å². The molecule has 0 spiro atoms. The first-order valence-corrected chi connectivity index (χ1v) is 6.96. The molecule has 1 heterocycles. The fraction of sp³-hybridized carbons (Fsp3) is 0.438. The Balaban J connectivity index is 1.89. The van der Waals surface area contributed by atoms with Crippen LogP contribution in [0.5, 0.6) is 0 Å². The van der Waals surface area contributed by atoms with E-state index in [-0.39, 0.29) is 6.42 Å². The third kappa shape index (κ3) is 2.65. The van der Waals surface area contributed by atoms with Crippen molar-refractivity contribution in [3.05, 3.63) is 35.6 Å². The number of rotatable bonds is 3. The average Bonchev–Trinajstić information content (AvgIpc) is 2.79.